The van der Waals surface area contributed by atoms with Crippen LogP contribution in [0, 0.1) is 13.7 Å². The lowest BCUT2D eigenvalue weighted by Crippen LogP contribution is -1.94. The standard InChI is InChI=1S/C8H8INO2/c1-2-6-5-7(9)3-4-8(6)10(11)12/h3-5H,2H2,1H3. The minimum absolute atomic E-state index is 0.220. The highest BCUT2D eigenvalue weighted by Crippen LogP contribution is 2.21. The average molecular weight is 277 g/mol. The molecule has 0 heterocycles. The lowest BCUT2D eigenvalue weighted by Gasteiger charge is -1.99. The summed E-state index contributed by atoms with van der Waals surface area (Å²) in [5.74, 6) is 0. The lowest BCUT2D eigenvalue weighted by atomic mass is 10.1. The first-order valence-electron chi connectivity index (χ1n) is 3.58. The maximum absolute atomic E-state index is 10.5. The smallest absolute Gasteiger partial charge is 0.258 e. The van der Waals surface area contributed by atoms with E-state index in [2.05, 4.69) is 22.6 Å². The largest absolute Gasteiger partial charge is 0.272 e. The molecule has 4 heteroatoms. The van der Waals surface area contributed by atoms with Crippen molar-refractivity contribution in [3.05, 3.63) is 37.4 Å². The quantitative estimate of drug-likeness (QED) is 0.474. The minimum Gasteiger partial charge on any atom is -0.258 e. The first-order valence-corrected chi connectivity index (χ1v) is 4.66. The fourth-order valence-electron chi connectivity index (χ4n) is 1.02. The van der Waals surface area contributed by atoms with E-state index in [4.69, 9.17) is 0 Å². The summed E-state index contributed by atoms with van der Waals surface area (Å²) in [6.45, 7) is 1.92. The van der Waals surface area contributed by atoms with Gasteiger partial charge in [0.15, 0.2) is 0 Å². The van der Waals surface area contributed by atoms with Crippen LogP contribution in [0.25, 0.3) is 0 Å². The third-order valence-electron chi connectivity index (χ3n) is 1.62. The highest BCUT2D eigenvalue weighted by atomic mass is 127. The Morgan fingerprint density at radius 1 is 1.58 bits per heavy atom. The van der Waals surface area contributed by atoms with Crippen LogP contribution in [0.3, 0.4) is 0 Å². The molecule has 0 atom stereocenters. The van der Waals surface area contributed by atoms with Gasteiger partial charge in [-0.25, -0.2) is 0 Å². The SMILES string of the molecule is CCc1cc(I)ccc1[N+](=O)[O-]. The molecule has 64 valence electrons. The van der Waals surface area contributed by atoms with Crippen molar-refractivity contribution >= 4 is 28.3 Å². The van der Waals surface area contributed by atoms with Crippen LogP contribution in [0.5, 0.6) is 0 Å². The van der Waals surface area contributed by atoms with Crippen molar-refractivity contribution in [2.24, 2.45) is 0 Å². The summed E-state index contributed by atoms with van der Waals surface area (Å²) < 4.78 is 1.04. The fraction of sp³-hybridized carbons (Fsp3) is 0.250. The Morgan fingerprint density at radius 2 is 2.25 bits per heavy atom. The summed E-state index contributed by atoms with van der Waals surface area (Å²) in [4.78, 5) is 10.2. The van der Waals surface area contributed by atoms with E-state index in [0.717, 1.165) is 9.13 Å². The van der Waals surface area contributed by atoms with E-state index in [9.17, 15) is 10.1 Å². The van der Waals surface area contributed by atoms with Gasteiger partial charge in [-0.15, -0.1) is 0 Å². The molecule has 0 bridgehead atoms. The molecule has 12 heavy (non-hydrogen) atoms. The van der Waals surface area contributed by atoms with Gasteiger partial charge in [0.25, 0.3) is 5.69 Å². The van der Waals surface area contributed by atoms with Crippen molar-refractivity contribution in [3.63, 3.8) is 0 Å². The average Bonchev–Trinajstić information content (AvgIpc) is 2.03. The Kier molecular flexibility index (Phi) is 3.02. The highest BCUT2D eigenvalue weighted by Gasteiger charge is 2.10. The summed E-state index contributed by atoms with van der Waals surface area (Å²) >= 11 is 2.15. The van der Waals surface area contributed by atoms with Crippen molar-refractivity contribution in [1.82, 2.24) is 0 Å². The molecular weight excluding hydrogens is 269 g/mol. The second-order valence-electron chi connectivity index (χ2n) is 2.38. The molecule has 0 saturated heterocycles. The van der Waals surface area contributed by atoms with Crippen LogP contribution in [0.15, 0.2) is 18.2 Å². The van der Waals surface area contributed by atoms with E-state index in [1.807, 2.05) is 13.0 Å². The van der Waals surface area contributed by atoms with Gasteiger partial charge in [0, 0.05) is 15.2 Å². The van der Waals surface area contributed by atoms with Gasteiger partial charge in [-0.2, -0.15) is 0 Å². The first kappa shape index (κ1) is 9.44. The van der Waals surface area contributed by atoms with E-state index < -0.39 is 0 Å². The molecule has 0 radical (unpaired) electrons. The Morgan fingerprint density at radius 3 is 2.75 bits per heavy atom. The van der Waals surface area contributed by atoms with Crippen molar-refractivity contribution in [2.75, 3.05) is 0 Å². The van der Waals surface area contributed by atoms with Gasteiger partial charge in [0.05, 0.1) is 4.92 Å². The zero-order valence-corrected chi connectivity index (χ0v) is 8.74. The van der Waals surface area contributed by atoms with E-state index in [1.165, 1.54) is 0 Å². The molecule has 1 aromatic carbocycles. The lowest BCUT2D eigenvalue weighted by molar-refractivity contribution is -0.385. The number of halogens is 1. The van der Waals surface area contributed by atoms with Gasteiger partial charge in [-0.1, -0.05) is 6.92 Å². The molecule has 0 saturated carbocycles. The van der Waals surface area contributed by atoms with Crippen LogP contribution < -0.4 is 0 Å². The first-order chi connectivity index (χ1) is 5.65. The van der Waals surface area contributed by atoms with E-state index >= 15 is 0 Å². The molecule has 0 aliphatic carbocycles. The topological polar surface area (TPSA) is 43.1 Å². The van der Waals surface area contributed by atoms with Gasteiger partial charge in [0.1, 0.15) is 0 Å². The maximum Gasteiger partial charge on any atom is 0.272 e. The molecule has 0 aliphatic rings. The molecule has 0 aromatic heterocycles. The van der Waals surface area contributed by atoms with Gasteiger partial charge in [0.2, 0.25) is 0 Å². The number of hydrogen-bond acceptors (Lipinski definition) is 2. The Labute approximate surface area is 84.1 Å². The van der Waals surface area contributed by atoms with Crippen LogP contribution in [-0.2, 0) is 6.42 Å². The molecule has 0 aliphatic heterocycles. The predicted octanol–water partition coefficient (Wildman–Crippen LogP) is 2.76. The summed E-state index contributed by atoms with van der Waals surface area (Å²) in [5.41, 5.74) is 1.02. The van der Waals surface area contributed by atoms with Crippen molar-refractivity contribution in [1.29, 1.82) is 0 Å². The third-order valence-corrected chi connectivity index (χ3v) is 2.29. The Bertz CT molecular complexity index is 312. The van der Waals surface area contributed by atoms with Gasteiger partial charge in [-0.3, -0.25) is 10.1 Å². The summed E-state index contributed by atoms with van der Waals surface area (Å²) in [6.07, 6.45) is 0.702. The Balaban J connectivity index is 3.20. The van der Waals surface area contributed by atoms with Crippen LogP contribution in [0.4, 0.5) is 5.69 Å². The zero-order chi connectivity index (χ0) is 9.14. The second-order valence-corrected chi connectivity index (χ2v) is 3.63. The maximum atomic E-state index is 10.5. The van der Waals surface area contributed by atoms with Crippen LogP contribution >= 0.6 is 22.6 Å². The molecule has 0 spiro atoms. The highest BCUT2D eigenvalue weighted by molar-refractivity contribution is 14.1. The van der Waals surface area contributed by atoms with Crippen molar-refractivity contribution < 1.29 is 4.92 Å². The summed E-state index contributed by atoms with van der Waals surface area (Å²) in [7, 11) is 0. The van der Waals surface area contributed by atoms with Gasteiger partial charge < -0.3 is 0 Å². The number of nitro benzene ring substituents is 1. The molecule has 0 amide bonds. The van der Waals surface area contributed by atoms with Gasteiger partial charge >= 0.3 is 0 Å². The number of rotatable bonds is 2. The van der Waals surface area contributed by atoms with Crippen molar-refractivity contribution in [3.8, 4) is 0 Å². The summed E-state index contributed by atoms with van der Waals surface area (Å²) in [6, 6.07) is 5.15. The summed E-state index contributed by atoms with van der Waals surface area (Å²) in [5, 5.41) is 10.5. The zero-order valence-electron chi connectivity index (χ0n) is 6.58. The molecule has 1 rings (SSSR count). The van der Waals surface area contributed by atoms with E-state index in [1.54, 1.807) is 12.1 Å². The number of aryl methyl sites for hydroxylation is 1. The molecular formula is C8H8INO2. The van der Waals surface area contributed by atoms with E-state index in [-0.39, 0.29) is 10.6 Å². The Hall–Kier alpha value is -0.650. The predicted molar refractivity (Wildman–Crippen MR) is 55.2 cm³/mol. The molecule has 3 nitrogen and oxygen atoms in total. The van der Waals surface area contributed by atoms with Crippen LogP contribution in [0.2, 0.25) is 0 Å². The molecule has 1 aromatic rings. The minimum atomic E-state index is -0.338. The van der Waals surface area contributed by atoms with Crippen molar-refractivity contribution in [2.45, 2.75) is 13.3 Å². The van der Waals surface area contributed by atoms with Crippen LogP contribution in [-0.4, -0.2) is 4.92 Å². The monoisotopic (exact) mass is 277 g/mol. The number of nitrogens with zero attached hydrogens (tertiary/aromatic N) is 1. The fourth-order valence-corrected chi connectivity index (χ4v) is 1.57. The van der Waals surface area contributed by atoms with Gasteiger partial charge in [-0.05, 0) is 41.1 Å². The number of hydrogen-bond donors (Lipinski definition) is 0. The number of nitro groups is 1. The van der Waals surface area contributed by atoms with Crippen LogP contribution in [0.1, 0.15) is 12.5 Å². The molecule has 0 fully saturated rings. The molecule has 0 unspecified atom stereocenters. The normalized spacial score (nSPS) is 9.83. The van der Waals surface area contributed by atoms with E-state index in [0.29, 0.717) is 6.42 Å². The molecule has 0 N–H and O–H groups in total. The second kappa shape index (κ2) is 3.84. The number of benzene rings is 1. The third kappa shape index (κ3) is 1.94.